The zero-order valence-electron chi connectivity index (χ0n) is 9.03. The lowest BCUT2D eigenvalue weighted by atomic mass is 9.96. The van der Waals surface area contributed by atoms with E-state index in [4.69, 9.17) is 5.73 Å². The quantitative estimate of drug-likeness (QED) is 0.776. The number of nitrogens with two attached hydrogens (primary N) is 1. The summed E-state index contributed by atoms with van der Waals surface area (Å²) in [5, 5.41) is 0. The first-order chi connectivity index (χ1) is 6.68. The lowest BCUT2D eigenvalue weighted by molar-refractivity contribution is 0.631. The van der Waals surface area contributed by atoms with E-state index in [1.165, 1.54) is 24.0 Å². The second-order valence-electron chi connectivity index (χ2n) is 4.69. The second-order valence-corrected chi connectivity index (χ2v) is 4.69. The second kappa shape index (κ2) is 3.74. The highest BCUT2D eigenvalue weighted by Gasteiger charge is 2.29. The molecule has 0 radical (unpaired) electrons. The standard InChI is InChI=1S/C13H19N/c1-9(2)11-4-3-5-12(8-11)13(14)10-6-7-10/h3-5,8-10,13H,6-7,14H2,1-2H3. The highest BCUT2D eigenvalue weighted by atomic mass is 14.7. The molecule has 0 bridgehead atoms. The van der Waals surface area contributed by atoms with Gasteiger partial charge in [0, 0.05) is 6.04 Å². The number of benzene rings is 1. The van der Waals surface area contributed by atoms with Gasteiger partial charge < -0.3 is 5.73 Å². The Balaban J connectivity index is 2.20. The summed E-state index contributed by atoms with van der Waals surface area (Å²) in [4.78, 5) is 0. The molecule has 1 aromatic carbocycles. The van der Waals surface area contributed by atoms with Gasteiger partial charge in [-0.05, 0) is 35.8 Å². The Morgan fingerprint density at radius 2 is 1.86 bits per heavy atom. The Kier molecular flexibility index (Phi) is 2.60. The van der Waals surface area contributed by atoms with E-state index in [2.05, 4.69) is 38.1 Å². The van der Waals surface area contributed by atoms with E-state index in [-0.39, 0.29) is 6.04 Å². The Morgan fingerprint density at radius 1 is 1.21 bits per heavy atom. The normalized spacial score (nSPS) is 18.6. The van der Waals surface area contributed by atoms with Gasteiger partial charge in [-0.2, -0.15) is 0 Å². The summed E-state index contributed by atoms with van der Waals surface area (Å²) >= 11 is 0. The van der Waals surface area contributed by atoms with Crippen LogP contribution in [0.2, 0.25) is 0 Å². The molecule has 1 aromatic rings. The Hall–Kier alpha value is -0.820. The summed E-state index contributed by atoms with van der Waals surface area (Å²) in [7, 11) is 0. The van der Waals surface area contributed by atoms with Crippen LogP contribution in [0.1, 0.15) is 49.8 Å². The fraction of sp³-hybridized carbons (Fsp3) is 0.538. The average Bonchev–Trinajstić information content (AvgIpc) is 3.00. The third-order valence-corrected chi connectivity index (χ3v) is 3.09. The molecule has 2 rings (SSSR count). The van der Waals surface area contributed by atoms with Crippen molar-refractivity contribution in [2.45, 2.75) is 38.6 Å². The van der Waals surface area contributed by atoms with E-state index in [1.54, 1.807) is 0 Å². The van der Waals surface area contributed by atoms with E-state index in [1.807, 2.05) is 0 Å². The molecule has 76 valence electrons. The first kappa shape index (κ1) is 9.72. The summed E-state index contributed by atoms with van der Waals surface area (Å²) in [5.74, 6) is 1.35. The summed E-state index contributed by atoms with van der Waals surface area (Å²) in [6, 6.07) is 9.03. The predicted octanol–water partition coefficient (Wildman–Crippen LogP) is 3.22. The minimum atomic E-state index is 0.272. The van der Waals surface area contributed by atoms with Crippen LogP contribution in [-0.2, 0) is 0 Å². The molecule has 1 fully saturated rings. The van der Waals surface area contributed by atoms with E-state index < -0.39 is 0 Å². The molecule has 0 saturated heterocycles. The van der Waals surface area contributed by atoms with Crippen LogP contribution < -0.4 is 5.73 Å². The van der Waals surface area contributed by atoms with Gasteiger partial charge in [0.1, 0.15) is 0 Å². The van der Waals surface area contributed by atoms with Gasteiger partial charge in [0.25, 0.3) is 0 Å². The van der Waals surface area contributed by atoms with E-state index in [0.29, 0.717) is 5.92 Å². The molecular weight excluding hydrogens is 170 g/mol. The minimum absolute atomic E-state index is 0.272. The molecule has 0 heterocycles. The van der Waals surface area contributed by atoms with Crippen LogP contribution >= 0.6 is 0 Å². The van der Waals surface area contributed by atoms with Crippen molar-refractivity contribution in [1.82, 2.24) is 0 Å². The zero-order chi connectivity index (χ0) is 10.1. The smallest absolute Gasteiger partial charge is 0.0323 e. The van der Waals surface area contributed by atoms with Crippen molar-refractivity contribution in [1.29, 1.82) is 0 Å². The lowest BCUT2D eigenvalue weighted by Crippen LogP contribution is -2.12. The van der Waals surface area contributed by atoms with Crippen LogP contribution in [0.25, 0.3) is 0 Å². The molecule has 2 N–H and O–H groups in total. The molecule has 1 aliphatic rings. The first-order valence-corrected chi connectivity index (χ1v) is 5.54. The van der Waals surface area contributed by atoms with Gasteiger partial charge in [-0.25, -0.2) is 0 Å². The Bertz CT molecular complexity index is 313. The summed E-state index contributed by atoms with van der Waals surface area (Å²) < 4.78 is 0. The molecule has 0 spiro atoms. The van der Waals surface area contributed by atoms with Crippen molar-refractivity contribution in [3.05, 3.63) is 35.4 Å². The molecule has 1 unspecified atom stereocenters. The number of hydrogen-bond acceptors (Lipinski definition) is 1. The highest BCUT2D eigenvalue weighted by Crippen LogP contribution is 2.39. The van der Waals surface area contributed by atoms with Crippen molar-refractivity contribution in [3.8, 4) is 0 Å². The van der Waals surface area contributed by atoms with Gasteiger partial charge >= 0.3 is 0 Å². The topological polar surface area (TPSA) is 26.0 Å². The van der Waals surface area contributed by atoms with E-state index >= 15 is 0 Å². The van der Waals surface area contributed by atoms with Crippen LogP contribution in [0.4, 0.5) is 0 Å². The largest absolute Gasteiger partial charge is 0.324 e. The van der Waals surface area contributed by atoms with Crippen molar-refractivity contribution in [3.63, 3.8) is 0 Å². The van der Waals surface area contributed by atoms with Gasteiger partial charge in [-0.1, -0.05) is 38.1 Å². The van der Waals surface area contributed by atoms with Crippen molar-refractivity contribution >= 4 is 0 Å². The summed E-state index contributed by atoms with van der Waals surface area (Å²) in [5.41, 5.74) is 8.89. The average molecular weight is 189 g/mol. The third kappa shape index (κ3) is 1.98. The maximum Gasteiger partial charge on any atom is 0.0323 e. The van der Waals surface area contributed by atoms with Crippen molar-refractivity contribution < 1.29 is 0 Å². The molecule has 0 aliphatic heterocycles. The Morgan fingerprint density at radius 3 is 2.43 bits per heavy atom. The molecule has 1 heteroatoms. The fourth-order valence-electron chi connectivity index (χ4n) is 1.85. The third-order valence-electron chi connectivity index (χ3n) is 3.09. The van der Waals surface area contributed by atoms with Crippen LogP contribution in [0.3, 0.4) is 0 Å². The number of hydrogen-bond donors (Lipinski definition) is 1. The summed E-state index contributed by atoms with van der Waals surface area (Å²) in [6.45, 7) is 4.45. The maximum atomic E-state index is 6.17. The maximum absolute atomic E-state index is 6.17. The van der Waals surface area contributed by atoms with Crippen LogP contribution in [-0.4, -0.2) is 0 Å². The Labute approximate surface area is 86.3 Å². The summed E-state index contributed by atoms with van der Waals surface area (Å²) in [6.07, 6.45) is 2.63. The van der Waals surface area contributed by atoms with Gasteiger partial charge in [0.05, 0.1) is 0 Å². The molecule has 1 aliphatic carbocycles. The molecule has 14 heavy (non-hydrogen) atoms. The van der Waals surface area contributed by atoms with Crippen LogP contribution in [0.15, 0.2) is 24.3 Å². The molecule has 0 amide bonds. The molecular formula is C13H19N. The predicted molar refractivity (Wildman–Crippen MR) is 60.2 cm³/mol. The zero-order valence-corrected chi connectivity index (χ0v) is 9.03. The van der Waals surface area contributed by atoms with Crippen LogP contribution in [0, 0.1) is 5.92 Å². The lowest BCUT2D eigenvalue weighted by Gasteiger charge is -2.13. The van der Waals surface area contributed by atoms with Gasteiger partial charge in [0.2, 0.25) is 0 Å². The van der Waals surface area contributed by atoms with Crippen molar-refractivity contribution in [2.24, 2.45) is 11.7 Å². The monoisotopic (exact) mass is 189 g/mol. The molecule has 1 saturated carbocycles. The molecule has 1 nitrogen and oxygen atoms in total. The van der Waals surface area contributed by atoms with E-state index in [0.717, 1.165) is 5.92 Å². The number of rotatable bonds is 3. The van der Waals surface area contributed by atoms with Gasteiger partial charge in [0.15, 0.2) is 0 Å². The SMILES string of the molecule is CC(C)c1cccc(C(N)C2CC2)c1. The fourth-order valence-corrected chi connectivity index (χ4v) is 1.85. The molecule has 1 atom stereocenters. The van der Waals surface area contributed by atoms with Crippen molar-refractivity contribution in [2.75, 3.05) is 0 Å². The minimum Gasteiger partial charge on any atom is -0.324 e. The van der Waals surface area contributed by atoms with Gasteiger partial charge in [-0.3, -0.25) is 0 Å². The van der Waals surface area contributed by atoms with Gasteiger partial charge in [-0.15, -0.1) is 0 Å². The van der Waals surface area contributed by atoms with Crippen LogP contribution in [0.5, 0.6) is 0 Å². The van der Waals surface area contributed by atoms with E-state index in [9.17, 15) is 0 Å². The highest BCUT2D eigenvalue weighted by molar-refractivity contribution is 5.28. The first-order valence-electron chi connectivity index (χ1n) is 5.54. The molecule has 0 aromatic heterocycles.